The van der Waals surface area contributed by atoms with E-state index in [0.717, 1.165) is 0 Å². The average Bonchev–Trinajstić information content (AvgIpc) is 2.83. The summed E-state index contributed by atoms with van der Waals surface area (Å²) < 4.78 is 0. The highest BCUT2D eigenvalue weighted by atomic mass is 35.5. The standard InChI is InChI=1S/C7H6.C2H4ClNO.H2S/c1-2-4-7-5-6(7)3-1;3-1-2(4)5;/h1-4H,5H2;1H2,(H2,4,5);1H2. The van der Waals surface area contributed by atoms with Gasteiger partial charge in [-0.25, -0.2) is 0 Å². The summed E-state index contributed by atoms with van der Waals surface area (Å²) in [6.07, 6.45) is 1.24. The maximum atomic E-state index is 9.46. The highest BCUT2D eigenvalue weighted by Crippen LogP contribution is 2.25. The second-order valence-corrected chi connectivity index (χ2v) is 2.81. The number of hydrogen-bond acceptors (Lipinski definition) is 1. The molecule has 0 saturated carbocycles. The van der Waals surface area contributed by atoms with E-state index in [1.807, 2.05) is 0 Å². The second kappa shape index (κ2) is 5.89. The van der Waals surface area contributed by atoms with Crippen LogP contribution in [0, 0.1) is 0 Å². The minimum atomic E-state index is -0.480. The molecule has 0 saturated heterocycles. The lowest BCUT2D eigenvalue weighted by Crippen LogP contribution is -2.10. The maximum absolute atomic E-state index is 9.46. The lowest BCUT2D eigenvalue weighted by Gasteiger charge is -1.71. The lowest BCUT2D eigenvalue weighted by atomic mass is 10.4. The molecular formula is C9H12ClNOS. The lowest BCUT2D eigenvalue weighted by molar-refractivity contribution is -0.115. The van der Waals surface area contributed by atoms with Gasteiger partial charge in [0.1, 0.15) is 5.88 Å². The first kappa shape index (κ1) is 12.3. The van der Waals surface area contributed by atoms with Crippen LogP contribution >= 0.6 is 25.1 Å². The fourth-order valence-electron chi connectivity index (χ4n) is 0.836. The minimum Gasteiger partial charge on any atom is -0.369 e. The van der Waals surface area contributed by atoms with E-state index >= 15 is 0 Å². The predicted molar refractivity (Wildman–Crippen MR) is 59.5 cm³/mol. The van der Waals surface area contributed by atoms with Crippen LogP contribution in [-0.4, -0.2) is 11.8 Å². The van der Waals surface area contributed by atoms with Crippen molar-refractivity contribution in [2.24, 2.45) is 5.73 Å². The Hall–Kier alpha value is -0.670. The Morgan fingerprint density at radius 2 is 1.77 bits per heavy atom. The van der Waals surface area contributed by atoms with E-state index in [1.165, 1.54) is 17.5 Å². The quantitative estimate of drug-likeness (QED) is 0.722. The Balaban J connectivity index is 0.000000220. The molecule has 0 aliphatic heterocycles. The van der Waals surface area contributed by atoms with Gasteiger partial charge < -0.3 is 5.73 Å². The molecule has 0 bridgehead atoms. The molecule has 0 spiro atoms. The van der Waals surface area contributed by atoms with Crippen molar-refractivity contribution in [3.05, 3.63) is 35.4 Å². The van der Waals surface area contributed by atoms with E-state index in [9.17, 15) is 4.79 Å². The van der Waals surface area contributed by atoms with E-state index in [4.69, 9.17) is 11.6 Å². The summed E-state index contributed by atoms with van der Waals surface area (Å²) in [6, 6.07) is 8.53. The van der Waals surface area contributed by atoms with Crippen molar-refractivity contribution >= 4 is 31.0 Å². The van der Waals surface area contributed by atoms with Gasteiger partial charge in [-0.05, 0) is 17.5 Å². The van der Waals surface area contributed by atoms with Crippen molar-refractivity contribution in [1.29, 1.82) is 0 Å². The van der Waals surface area contributed by atoms with E-state index in [1.54, 1.807) is 0 Å². The summed E-state index contributed by atoms with van der Waals surface area (Å²) in [6.45, 7) is 0. The predicted octanol–water partition coefficient (Wildman–Crippen LogP) is 1.41. The van der Waals surface area contributed by atoms with E-state index in [2.05, 4.69) is 30.0 Å². The molecule has 13 heavy (non-hydrogen) atoms. The Kier molecular flexibility index (Phi) is 5.58. The van der Waals surface area contributed by atoms with E-state index < -0.39 is 5.91 Å². The molecule has 2 nitrogen and oxygen atoms in total. The molecule has 1 aliphatic rings. The van der Waals surface area contributed by atoms with Gasteiger partial charge in [0.2, 0.25) is 5.91 Å². The van der Waals surface area contributed by atoms with Crippen molar-refractivity contribution in [2.75, 3.05) is 5.88 Å². The van der Waals surface area contributed by atoms with Crippen molar-refractivity contribution < 1.29 is 4.79 Å². The van der Waals surface area contributed by atoms with Crippen LogP contribution in [0.3, 0.4) is 0 Å². The fourth-order valence-corrected chi connectivity index (χ4v) is 0.836. The molecule has 0 fully saturated rings. The smallest absolute Gasteiger partial charge is 0.232 e. The van der Waals surface area contributed by atoms with Crippen LogP contribution in [0.25, 0.3) is 0 Å². The first-order valence-electron chi connectivity index (χ1n) is 3.65. The zero-order valence-electron chi connectivity index (χ0n) is 7.09. The van der Waals surface area contributed by atoms with Gasteiger partial charge in [-0.1, -0.05) is 24.3 Å². The minimum absolute atomic E-state index is 0. The van der Waals surface area contributed by atoms with Gasteiger partial charge in [0, 0.05) is 0 Å². The van der Waals surface area contributed by atoms with Crippen LogP contribution in [0.4, 0.5) is 0 Å². The number of amides is 1. The van der Waals surface area contributed by atoms with E-state index in [0.29, 0.717) is 0 Å². The van der Waals surface area contributed by atoms with Crippen LogP contribution in [0.5, 0.6) is 0 Å². The molecule has 1 aromatic carbocycles. The Labute approximate surface area is 89.5 Å². The Morgan fingerprint density at radius 3 is 2.00 bits per heavy atom. The van der Waals surface area contributed by atoms with Crippen molar-refractivity contribution in [3.8, 4) is 0 Å². The van der Waals surface area contributed by atoms with Crippen LogP contribution < -0.4 is 5.73 Å². The first-order chi connectivity index (χ1) is 5.74. The number of hydrogen-bond donors (Lipinski definition) is 1. The summed E-state index contributed by atoms with van der Waals surface area (Å²) >= 11 is 4.86. The summed E-state index contributed by atoms with van der Waals surface area (Å²) in [4.78, 5) is 9.46. The Morgan fingerprint density at radius 1 is 1.38 bits per heavy atom. The molecule has 1 amide bonds. The van der Waals surface area contributed by atoms with Gasteiger partial charge in [-0.15, -0.1) is 11.6 Å². The topological polar surface area (TPSA) is 43.1 Å². The van der Waals surface area contributed by atoms with Gasteiger partial charge in [0.05, 0.1) is 0 Å². The molecule has 0 unspecified atom stereocenters. The molecule has 0 atom stereocenters. The molecule has 0 aromatic heterocycles. The zero-order valence-corrected chi connectivity index (χ0v) is 8.84. The Bertz CT molecular complexity index is 270. The molecule has 72 valence electrons. The first-order valence-corrected chi connectivity index (χ1v) is 4.18. The van der Waals surface area contributed by atoms with Crippen LogP contribution in [0.15, 0.2) is 24.3 Å². The van der Waals surface area contributed by atoms with E-state index in [-0.39, 0.29) is 19.4 Å². The van der Waals surface area contributed by atoms with Crippen molar-refractivity contribution in [3.63, 3.8) is 0 Å². The van der Waals surface area contributed by atoms with Gasteiger partial charge in [0.15, 0.2) is 0 Å². The second-order valence-electron chi connectivity index (χ2n) is 2.55. The molecule has 2 N–H and O–H groups in total. The number of alkyl halides is 1. The summed E-state index contributed by atoms with van der Waals surface area (Å²) in [5.74, 6) is -0.563. The van der Waals surface area contributed by atoms with Crippen molar-refractivity contribution in [1.82, 2.24) is 0 Å². The van der Waals surface area contributed by atoms with Crippen LogP contribution in [0.2, 0.25) is 0 Å². The number of benzene rings is 1. The third kappa shape index (κ3) is 4.80. The number of fused-ring (bicyclic) bond motifs is 1. The van der Waals surface area contributed by atoms with Crippen LogP contribution in [0.1, 0.15) is 11.1 Å². The molecule has 4 heteroatoms. The third-order valence-electron chi connectivity index (χ3n) is 1.51. The van der Waals surface area contributed by atoms with Gasteiger partial charge in [-0.3, -0.25) is 4.79 Å². The van der Waals surface area contributed by atoms with Crippen LogP contribution in [-0.2, 0) is 11.2 Å². The largest absolute Gasteiger partial charge is 0.369 e. The fraction of sp³-hybridized carbons (Fsp3) is 0.222. The van der Waals surface area contributed by atoms with Crippen molar-refractivity contribution in [2.45, 2.75) is 6.42 Å². The zero-order chi connectivity index (χ0) is 8.97. The third-order valence-corrected chi connectivity index (χ3v) is 1.77. The molecule has 1 aliphatic carbocycles. The number of primary amides is 1. The maximum Gasteiger partial charge on any atom is 0.232 e. The molecular weight excluding hydrogens is 206 g/mol. The monoisotopic (exact) mass is 217 g/mol. The number of carbonyl (C=O) groups is 1. The van der Waals surface area contributed by atoms with Gasteiger partial charge in [-0.2, -0.15) is 13.5 Å². The normalized spacial score (nSPS) is 9.92. The number of nitrogens with two attached hydrogens (primary N) is 1. The molecule has 1 aromatic rings. The number of rotatable bonds is 1. The molecule has 0 radical (unpaired) electrons. The average molecular weight is 218 g/mol. The van der Waals surface area contributed by atoms with Gasteiger partial charge in [0.25, 0.3) is 0 Å². The highest BCUT2D eigenvalue weighted by Gasteiger charge is 2.12. The summed E-state index contributed by atoms with van der Waals surface area (Å²) in [7, 11) is 0. The summed E-state index contributed by atoms with van der Waals surface area (Å²) in [5, 5.41) is 0. The SMILES string of the molecule is NC(=O)CCl.S.c1ccc2c(c1)C2. The molecule has 2 rings (SSSR count). The number of carbonyl (C=O) groups excluding carboxylic acids is 1. The summed E-state index contributed by atoms with van der Waals surface area (Å²) in [5.41, 5.74) is 7.58. The van der Waals surface area contributed by atoms with Gasteiger partial charge >= 0.3 is 0 Å². The highest BCUT2D eigenvalue weighted by molar-refractivity contribution is 7.59. The number of halogens is 1. The molecule has 0 heterocycles.